The minimum Gasteiger partial charge on any atom is -0.481 e. The van der Waals surface area contributed by atoms with Gasteiger partial charge in [0.1, 0.15) is 0 Å². The second kappa shape index (κ2) is 16.3. The second-order valence-corrected chi connectivity index (χ2v) is 6.34. The van der Waals surface area contributed by atoms with E-state index in [2.05, 4.69) is 18.7 Å². The van der Waals surface area contributed by atoms with E-state index in [1.807, 2.05) is 0 Å². The van der Waals surface area contributed by atoms with Gasteiger partial charge in [-0.2, -0.15) is 0 Å². The van der Waals surface area contributed by atoms with Crippen LogP contribution in [0.1, 0.15) is 83.5 Å². The normalized spacial score (nSPS) is 12.3. The summed E-state index contributed by atoms with van der Waals surface area (Å²) in [5.41, 5.74) is 0. The molecule has 0 bridgehead atoms. The van der Waals surface area contributed by atoms with Gasteiger partial charge in [0.15, 0.2) is 0 Å². The van der Waals surface area contributed by atoms with Crippen molar-refractivity contribution >= 4 is 11.9 Å². The average Bonchev–Trinajstić information content (AvgIpc) is 2.54. The van der Waals surface area contributed by atoms with E-state index in [1.54, 1.807) is 0 Å². The van der Waals surface area contributed by atoms with Crippen molar-refractivity contribution in [3.05, 3.63) is 24.8 Å². The zero-order chi connectivity index (χ0) is 18.0. The number of unbranched alkanes of at least 4 members (excludes halogenated alkanes) is 9. The molecule has 0 saturated carbocycles. The summed E-state index contributed by atoms with van der Waals surface area (Å²) in [5, 5.41) is 17.4. The van der Waals surface area contributed by atoms with Crippen LogP contribution in [0.5, 0.6) is 0 Å². The zero-order valence-corrected chi connectivity index (χ0v) is 14.9. The van der Waals surface area contributed by atoms with Crippen molar-refractivity contribution in [3.8, 4) is 0 Å². The third kappa shape index (κ3) is 15.3. The standard InChI is InChI=1S/C20H34O4/c1-2-18(20(23)24)16-14-12-10-8-6-4-3-5-7-9-11-13-15-17-19(21)22/h2,4,6,18H,1,3,5,7-17H2,(H,21,22)(H,23,24). The van der Waals surface area contributed by atoms with E-state index in [9.17, 15) is 9.59 Å². The highest BCUT2D eigenvalue weighted by molar-refractivity contribution is 5.71. The van der Waals surface area contributed by atoms with E-state index in [0.717, 1.165) is 51.4 Å². The van der Waals surface area contributed by atoms with E-state index in [-0.39, 0.29) is 0 Å². The van der Waals surface area contributed by atoms with Crippen LogP contribution < -0.4 is 0 Å². The van der Waals surface area contributed by atoms with E-state index < -0.39 is 17.9 Å². The highest BCUT2D eigenvalue weighted by atomic mass is 16.4. The molecule has 1 unspecified atom stereocenters. The third-order valence-electron chi connectivity index (χ3n) is 4.17. The number of carbonyl (C=O) groups is 2. The SMILES string of the molecule is C=CC(CCCCCC=CCCCCCCCCC(=O)O)C(=O)O. The van der Waals surface area contributed by atoms with E-state index in [4.69, 9.17) is 10.2 Å². The first-order valence-corrected chi connectivity index (χ1v) is 9.30. The van der Waals surface area contributed by atoms with Crippen LogP contribution >= 0.6 is 0 Å². The number of carboxylic acid groups (broad SMARTS) is 2. The van der Waals surface area contributed by atoms with Gasteiger partial charge in [-0.3, -0.25) is 9.59 Å². The van der Waals surface area contributed by atoms with Gasteiger partial charge in [-0.15, -0.1) is 6.58 Å². The van der Waals surface area contributed by atoms with Crippen LogP contribution in [0.15, 0.2) is 24.8 Å². The molecule has 0 aromatic rings. The van der Waals surface area contributed by atoms with Gasteiger partial charge < -0.3 is 10.2 Å². The van der Waals surface area contributed by atoms with Crippen LogP contribution in [-0.2, 0) is 9.59 Å². The Bertz CT molecular complexity index is 374. The number of aliphatic carboxylic acids is 2. The highest BCUT2D eigenvalue weighted by Crippen LogP contribution is 2.13. The van der Waals surface area contributed by atoms with E-state index in [0.29, 0.717) is 12.8 Å². The summed E-state index contributed by atoms with van der Waals surface area (Å²) in [7, 11) is 0. The highest BCUT2D eigenvalue weighted by Gasteiger charge is 2.11. The summed E-state index contributed by atoms with van der Waals surface area (Å²) in [6.45, 7) is 3.56. The largest absolute Gasteiger partial charge is 0.481 e. The molecule has 0 heterocycles. The summed E-state index contributed by atoms with van der Waals surface area (Å²) < 4.78 is 0. The van der Waals surface area contributed by atoms with Gasteiger partial charge in [0.05, 0.1) is 5.92 Å². The molecule has 24 heavy (non-hydrogen) atoms. The Hall–Kier alpha value is -1.58. The lowest BCUT2D eigenvalue weighted by Crippen LogP contribution is -2.10. The van der Waals surface area contributed by atoms with Crippen LogP contribution in [0.3, 0.4) is 0 Å². The van der Waals surface area contributed by atoms with Crippen molar-refractivity contribution in [1.82, 2.24) is 0 Å². The Kier molecular flexibility index (Phi) is 15.2. The van der Waals surface area contributed by atoms with Gasteiger partial charge in [-0.1, -0.05) is 56.8 Å². The Morgan fingerprint density at radius 3 is 1.79 bits per heavy atom. The number of allylic oxidation sites excluding steroid dienone is 2. The molecular formula is C20H34O4. The minimum atomic E-state index is -0.771. The van der Waals surface area contributed by atoms with Crippen molar-refractivity contribution in [3.63, 3.8) is 0 Å². The summed E-state index contributed by atoms with van der Waals surface area (Å²) in [6, 6.07) is 0. The number of hydrogen-bond donors (Lipinski definition) is 2. The number of hydrogen-bond acceptors (Lipinski definition) is 2. The quantitative estimate of drug-likeness (QED) is 0.268. The molecule has 2 N–H and O–H groups in total. The first-order chi connectivity index (χ1) is 11.6. The molecule has 0 spiro atoms. The lowest BCUT2D eigenvalue weighted by molar-refractivity contribution is -0.140. The van der Waals surface area contributed by atoms with Crippen molar-refractivity contribution in [1.29, 1.82) is 0 Å². The fraction of sp³-hybridized carbons (Fsp3) is 0.700. The van der Waals surface area contributed by atoms with Crippen LogP contribution in [0.2, 0.25) is 0 Å². The fourth-order valence-corrected chi connectivity index (χ4v) is 2.63. The second-order valence-electron chi connectivity index (χ2n) is 6.34. The minimum absolute atomic E-state index is 0.299. The van der Waals surface area contributed by atoms with Crippen LogP contribution in [0.4, 0.5) is 0 Å². The first kappa shape index (κ1) is 22.4. The molecule has 0 aliphatic heterocycles. The summed E-state index contributed by atoms with van der Waals surface area (Å²) in [4.78, 5) is 21.2. The molecule has 0 rings (SSSR count). The topological polar surface area (TPSA) is 74.6 Å². The molecule has 4 nitrogen and oxygen atoms in total. The van der Waals surface area contributed by atoms with Gasteiger partial charge in [0.2, 0.25) is 0 Å². The van der Waals surface area contributed by atoms with Crippen molar-refractivity contribution < 1.29 is 19.8 Å². The molecule has 0 aromatic carbocycles. The van der Waals surface area contributed by atoms with Gasteiger partial charge in [-0.05, 0) is 38.5 Å². The molecule has 1 atom stereocenters. The van der Waals surface area contributed by atoms with Crippen molar-refractivity contribution in [2.75, 3.05) is 0 Å². The molecule has 0 aliphatic rings. The van der Waals surface area contributed by atoms with Gasteiger partial charge in [0.25, 0.3) is 0 Å². The molecule has 138 valence electrons. The zero-order valence-electron chi connectivity index (χ0n) is 14.9. The lowest BCUT2D eigenvalue weighted by atomic mass is 10.0. The molecule has 0 aromatic heterocycles. The van der Waals surface area contributed by atoms with Gasteiger partial charge >= 0.3 is 11.9 Å². The maximum Gasteiger partial charge on any atom is 0.310 e. The smallest absolute Gasteiger partial charge is 0.310 e. The van der Waals surface area contributed by atoms with Crippen LogP contribution in [-0.4, -0.2) is 22.2 Å². The van der Waals surface area contributed by atoms with Crippen molar-refractivity contribution in [2.24, 2.45) is 5.92 Å². The molecule has 0 saturated heterocycles. The molecule has 0 amide bonds. The monoisotopic (exact) mass is 338 g/mol. The summed E-state index contributed by atoms with van der Waals surface area (Å²) in [5.74, 6) is -1.86. The Morgan fingerprint density at radius 2 is 1.29 bits per heavy atom. The molecule has 0 aliphatic carbocycles. The first-order valence-electron chi connectivity index (χ1n) is 9.30. The van der Waals surface area contributed by atoms with E-state index in [1.165, 1.54) is 25.3 Å². The van der Waals surface area contributed by atoms with Crippen molar-refractivity contribution in [2.45, 2.75) is 83.5 Å². The molecule has 0 fully saturated rings. The molecular weight excluding hydrogens is 304 g/mol. The summed E-state index contributed by atoms with van der Waals surface area (Å²) >= 11 is 0. The summed E-state index contributed by atoms with van der Waals surface area (Å²) in [6.07, 6.45) is 18.9. The lowest BCUT2D eigenvalue weighted by Gasteiger charge is -2.05. The third-order valence-corrected chi connectivity index (χ3v) is 4.17. The predicted octanol–water partition coefficient (Wildman–Crippen LogP) is 5.59. The predicted molar refractivity (Wildman–Crippen MR) is 98.1 cm³/mol. The Labute approximate surface area is 146 Å². The van der Waals surface area contributed by atoms with Crippen LogP contribution in [0, 0.1) is 5.92 Å². The van der Waals surface area contributed by atoms with Gasteiger partial charge in [-0.25, -0.2) is 0 Å². The molecule has 4 heteroatoms. The molecule has 0 radical (unpaired) electrons. The van der Waals surface area contributed by atoms with Crippen LogP contribution in [0.25, 0.3) is 0 Å². The number of carboxylic acids is 2. The number of rotatable bonds is 17. The Morgan fingerprint density at radius 1 is 0.792 bits per heavy atom. The van der Waals surface area contributed by atoms with Gasteiger partial charge in [0, 0.05) is 6.42 Å². The Balaban J connectivity index is 3.28. The van der Waals surface area contributed by atoms with E-state index >= 15 is 0 Å². The average molecular weight is 338 g/mol. The maximum atomic E-state index is 10.8. The maximum absolute atomic E-state index is 10.8. The fourth-order valence-electron chi connectivity index (χ4n) is 2.63.